The van der Waals surface area contributed by atoms with Crippen LogP contribution in [0.25, 0.3) is 0 Å². The second-order valence-electron chi connectivity index (χ2n) is 6.71. The summed E-state index contributed by atoms with van der Waals surface area (Å²) >= 11 is 6.28. The lowest BCUT2D eigenvalue weighted by Crippen LogP contribution is -2.44. The van der Waals surface area contributed by atoms with Gasteiger partial charge in [-0.1, -0.05) is 11.6 Å². The Morgan fingerprint density at radius 3 is 3.04 bits per heavy atom. The summed E-state index contributed by atoms with van der Waals surface area (Å²) in [7, 11) is 0. The topological polar surface area (TPSA) is 71.6 Å². The molecule has 0 spiro atoms. The zero-order valence-electron chi connectivity index (χ0n) is 13.4. The number of hydrogen-bond acceptors (Lipinski definition) is 5. The second-order valence-corrected chi connectivity index (χ2v) is 7.12. The Kier molecular flexibility index (Phi) is 4.52. The van der Waals surface area contributed by atoms with E-state index in [9.17, 15) is 4.79 Å². The quantitative estimate of drug-likeness (QED) is 0.759. The summed E-state index contributed by atoms with van der Waals surface area (Å²) < 4.78 is 11.3. The number of fused-ring (bicyclic) bond motifs is 2. The number of hydrogen-bond donors (Lipinski definition) is 3. The third-order valence-corrected chi connectivity index (χ3v) is 5.31. The molecule has 2 heterocycles. The molecule has 0 radical (unpaired) electrons. The van der Waals surface area contributed by atoms with E-state index in [1.807, 2.05) is 0 Å². The van der Waals surface area contributed by atoms with E-state index < -0.39 is 0 Å². The Labute approximate surface area is 146 Å². The average Bonchev–Trinajstić information content (AvgIpc) is 2.90. The van der Waals surface area contributed by atoms with Crippen molar-refractivity contribution in [2.45, 2.75) is 37.8 Å². The molecule has 3 aliphatic rings. The highest BCUT2D eigenvalue weighted by molar-refractivity contribution is 6.32. The van der Waals surface area contributed by atoms with Crippen LogP contribution < -0.4 is 25.6 Å². The molecule has 24 heavy (non-hydrogen) atoms. The van der Waals surface area contributed by atoms with E-state index in [1.54, 1.807) is 12.1 Å². The minimum atomic E-state index is -0.102. The summed E-state index contributed by atoms with van der Waals surface area (Å²) in [6.45, 7) is 2.11. The predicted octanol–water partition coefficient (Wildman–Crippen LogP) is 1.88. The molecule has 1 aliphatic carbocycles. The van der Waals surface area contributed by atoms with Gasteiger partial charge in [-0.25, -0.2) is 0 Å². The van der Waals surface area contributed by atoms with Crippen LogP contribution in [0.1, 0.15) is 36.0 Å². The third kappa shape index (κ3) is 3.18. The maximum atomic E-state index is 12.6. The smallest absolute Gasteiger partial charge is 0.251 e. The first-order valence-electron chi connectivity index (χ1n) is 8.59. The van der Waals surface area contributed by atoms with Crippen molar-refractivity contribution < 1.29 is 14.3 Å². The van der Waals surface area contributed by atoms with Gasteiger partial charge in [0.2, 0.25) is 0 Å². The Balaban J connectivity index is 1.46. The molecular weight excluding hydrogens is 330 g/mol. The number of nitrogens with one attached hydrogen (secondary N) is 3. The van der Waals surface area contributed by atoms with E-state index in [0.29, 0.717) is 47.3 Å². The number of halogens is 1. The molecule has 3 N–H and O–H groups in total. The zero-order valence-corrected chi connectivity index (χ0v) is 14.2. The van der Waals surface area contributed by atoms with Gasteiger partial charge in [0.25, 0.3) is 5.91 Å². The first-order chi connectivity index (χ1) is 11.7. The van der Waals surface area contributed by atoms with Crippen molar-refractivity contribution >= 4 is 17.5 Å². The third-order valence-electron chi connectivity index (χ3n) is 5.03. The number of amides is 1. The second kappa shape index (κ2) is 6.78. The number of carbonyl (C=O) groups excluding carboxylic acids is 1. The van der Waals surface area contributed by atoms with E-state index >= 15 is 0 Å². The van der Waals surface area contributed by atoms with Gasteiger partial charge in [-0.15, -0.1) is 0 Å². The van der Waals surface area contributed by atoms with Crippen molar-refractivity contribution in [2.24, 2.45) is 5.92 Å². The SMILES string of the molecule is O=C(NC1CCC2NNCC2C1)c1cc(Cl)c2c(c1)OCCCO2. The van der Waals surface area contributed by atoms with Gasteiger partial charge in [-0.05, 0) is 37.3 Å². The molecule has 0 bridgehead atoms. The van der Waals surface area contributed by atoms with Gasteiger partial charge in [0.1, 0.15) is 0 Å². The van der Waals surface area contributed by atoms with Crippen molar-refractivity contribution in [1.29, 1.82) is 0 Å². The molecule has 6 nitrogen and oxygen atoms in total. The summed E-state index contributed by atoms with van der Waals surface area (Å²) in [5.41, 5.74) is 7.03. The standard InChI is InChI=1S/C17H22ClN3O3/c18-13-7-10(8-15-16(13)24-5-1-4-23-15)17(22)20-12-2-3-14-11(6-12)9-19-21-14/h7-8,11-12,14,19,21H,1-6,9H2,(H,20,22). The van der Waals surface area contributed by atoms with Crippen molar-refractivity contribution in [1.82, 2.24) is 16.2 Å². The molecule has 1 amide bonds. The van der Waals surface area contributed by atoms with Gasteiger partial charge in [-0.3, -0.25) is 15.6 Å². The van der Waals surface area contributed by atoms with E-state index in [4.69, 9.17) is 21.1 Å². The highest BCUT2D eigenvalue weighted by atomic mass is 35.5. The Morgan fingerprint density at radius 1 is 1.25 bits per heavy atom. The Hall–Kier alpha value is -1.50. The van der Waals surface area contributed by atoms with Crippen molar-refractivity contribution in [3.63, 3.8) is 0 Å². The zero-order chi connectivity index (χ0) is 16.5. The van der Waals surface area contributed by atoms with Gasteiger partial charge in [0.05, 0.1) is 18.2 Å². The van der Waals surface area contributed by atoms with Crippen LogP contribution in [0, 0.1) is 5.92 Å². The van der Waals surface area contributed by atoms with E-state index in [2.05, 4.69) is 16.2 Å². The number of benzene rings is 1. The first-order valence-corrected chi connectivity index (χ1v) is 8.97. The highest BCUT2D eigenvalue weighted by Gasteiger charge is 2.34. The number of carbonyl (C=O) groups is 1. The van der Waals surface area contributed by atoms with Crippen LogP contribution in [-0.4, -0.2) is 37.7 Å². The van der Waals surface area contributed by atoms with E-state index in [0.717, 1.165) is 32.2 Å². The maximum Gasteiger partial charge on any atom is 0.251 e. The Morgan fingerprint density at radius 2 is 2.12 bits per heavy atom. The van der Waals surface area contributed by atoms with Crippen LogP contribution in [-0.2, 0) is 0 Å². The van der Waals surface area contributed by atoms with Crippen LogP contribution in [0.2, 0.25) is 5.02 Å². The minimum Gasteiger partial charge on any atom is -0.489 e. The lowest BCUT2D eigenvalue weighted by Gasteiger charge is -2.31. The molecule has 7 heteroatoms. The monoisotopic (exact) mass is 351 g/mol. The molecule has 3 unspecified atom stereocenters. The lowest BCUT2D eigenvalue weighted by molar-refractivity contribution is 0.0918. The van der Waals surface area contributed by atoms with Gasteiger partial charge >= 0.3 is 0 Å². The van der Waals surface area contributed by atoms with Crippen molar-refractivity contribution in [2.75, 3.05) is 19.8 Å². The average molecular weight is 352 g/mol. The molecule has 1 aromatic rings. The fourth-order valence-electron chi connectivity index (χ4n) is 3.76. The maximum absolute atomic E-state index is 12.6. The van der Waals surface area contributed by atoms with Crippen LogP contribution in [0.5, 0.6) is 11.5 Å². The van der Waals surface area contributed by atoms with E-state index in [1.165, 1.54) is 0 Å². The van der Waals surface area contributed by atoms with Gasteiger partial charge in [0, 0.05) is 30.6 Å². The van der Waals surface area contributed by atoms with Gasteiger partial charge in [-0.2, -0.15) is 0 Å². The molecule has 1 saturated carbocycles. The van der Waals surface area contributed by atoms with Crippen LogP contribution >= 0.6 is 11.6 Å². The summed E-state index contributed by atoms with van der Waals surface area (Å²) in [5.74, 6) is 1.57. The summed E-state index contributed by atoms with van der Waals surface area (Å²) in [5, 5.41) is 3.57. The molecule has 0 aromatic heterocycles. The molecular formula is C17H22ClN3O3. The molecule has 1 aromatic carbocycles. The van der Waals surface area contributed by atoms with Gasteiger partial charge < -0.3 is 14.8 Å². The summed E-state index contributed by atoms with van der Waals surface area (Å²) in [6.07, 6.45) is 3.86. The lowest BCUT2D eigenvalue weighted by atomic mass is 9.83. The van der Waals surface area contributed by atoms with Crippen molar-refractivity contribution in [3.8, 4) is 11.5 Å². The fraction of sp³-hybridized carbons (Fsp3) is 0.588. The van der Waals surface area contributed by atoms with Crippen LogP contribution in [0.3, 0.4) is 0 Å². The van der Waals surface area contributed by atoms with E-state index in [-0.39, 0.29) is 11.9 Å². The molecule has 2 aliphatic heterocycles. The number of rotatable bonds is 2. The first kappa shape index (κ1) is 16.0. The molecule has 4 rings (SSSR count). The summed E-state index contributed by atoms with van der Waals surface area (Å²) in [6, 6.07) is 4.13. The highest BCUT2D eigenvalue weighted by Crippen LogP contribution is 2.38. The van der Waals surface area contributed by atoms with Gasteiger partial charge in [0.15, 0.2) is 11.5 Å². The fourth-order valence-corrected chi connectivity index (χ4v) is 4.03. The number of hydrazine groups is 1. The molecule has 130 valence electrons. The molecule has 3 atom stereocenters. The normalized spacial score (nSPS) is 28.8. The Bertz CT molecular complexity index is 640. The number of ether oxygens (including phenoxy) is 2. The van der Waals surface area contributed by atoms with Crippen LogP contribution in [0.4, 0.5) is 0 Å². The largest absolute Gasteiger partial charge is 0.489 e. The molecule has 1 saturated heterocycles. The minimum absolute atomic E-state index is 0.102. The van der Waals surface area contributed by atoms with Crippen LogP contribution in [0.15, 0.2) is 12.1 Å². The predicted molar refractivity (Wildman–Crippen MR) is 90.6 cm³/mol. The molecule has 2 fully saturated rings. The van der Waals surface area contributed by atoms with Crippen molar-refractivity contribution in [3.05, 3.63) is 22.7 Å². The summed E-state index contributed by atoms with van der Waals surface area (Å²) in [4.78, 5) is 12.6.